The first-order valence-corrected chi connectivity index (χ1v) is 11.4. The molecule has 3 unspecified atom stereocenters. The van der Waals surface area contributed by atoms with Crippen LogP contribution >= 0.6 is 0 Å². The fourth-order valence-electron chi connectivity index (χ4n) is 5.27. The number of carbonyl (C=O) groups excluding carboxylic acids is 1. The molecule has 0 aliphatic heterocycles. The average Bonchev–Trinajstić information content (AvgIpc) is 3.02. The zero-order valence-corrected chi connectivity index (χ0v) is 16.7. The lowest BCUT2D eigenvalue weighted by atomic mass is 9.87. The molecule has 168 valence electrons. The molecule has 3 N–H and O–H groups in total. The van der Waals surface area contributed by atoms with Crippen molar-refractivity contribution in [2.75, 3.05) is 6.61 Å². The topological polar surface area (TPSA) is 121 Å². The summed E-state index contributed by atoms with van der Waals surface area (Å²) in [6, 6.07) is 0. The van der Waals surface area contributed by atoms with Crippen molar-refractivity contribution in [3.8, 4) is 0 Å². The maximum absolute atomic E-state index is 13.6. The smallest absolute Gasteiger partial charge is 0.400 e. The van der Waals surface area contributed by atoms with Crippen molar-refractivity contribution in [2.45, 2.75) is 80.4 Å². The minimum absolute atomic E-state index is 0.499. The van der Waals surface area contributed by atoms with E-state index in [9.17, 15) is 36.6 Å². The molecule has 3 atom stereocenters. The Balaban J connectivity index is 1.63. The molecule has 0 radical (unpaired) electrons. The summed E-state index contributed by atoms with van der Waals surface area (Å²) in [5, 5.41) is 16.9. The zero-order chi connectivity index (χ0) is 21.7. The summed E-state index contributed by atoms with van der Waals surface area (Å²) in [5.74, 6) is -2.62. The first kappa shape index (κ1) is 22.8. The molecule has 0 saturated heterocycles. The third kappa shape index (κ3) is 4.15. The van der Waals surface area contributed by atoms with E-state index in [2.05, 4.69) is 0 Å². The number of hydrogen-bond donors (Lipinski definition) is 3. The quantitative estimate of drug-likeness (QED) is 0.388. The van der Waals surface area contributed by atoms with Crippen molar-refractivity contribution in [3.63, 3.8) is 0 Å². The van der Waals surface area contributed by atoms with E-state index in [0.717, 1.165) is 25.7 Å². The Bertz CT molecular complexity index is 702. The number of ether oxygens (including phenoxy) is 1. The molecule has 29 heavy (non-hydrogen) atoms. The number of aliphatic hydroxyl groups is 2. The molecule has 0 bridgehead atoms. The molecule has 3 aliphatic carbocycles. The van der Waals surface area contributed by atoms with E-state index in [4.69, 9.17) is 9.29 Å². The lowest BCUT2D eigenvalue weighted by Gasteiger charge is -2.27. The minimum Gasteiger partial charge on any atom is -0.465 e. The van der Waals surface area contributed by atoms with E-state index in [1.807, 2.05) is 0 Å². The van der Waals surface area contributed by atoms with Crippen LogP contribution in [0.4, 0.5) is 13.2 Å². The SMILES string of the molecule is O=C(OCCC(F)C(F)(F)S(=O)(=O)O)C1C(C2(O)CCCC2)C1C1(O)CCCC1. The summed E-state index contributed by atoms with van der Waals surface area (Å²) in [5.41, 5.74) is -2.18. The van der Waals surface area contributed by atoms with Gasteiger partial charge in [0, 0.05) is 18.3 Å². The highest BCUT2D eigenvalue weighted by Gasteiger charge is 2.71. The van der Waals surface area contributed by atoms with E-state index in [1.165, 1.54) is 0 Å². The fraction of sp³-hybridized carbons (Fsp3) is 0.944. The van der Waals surface area contributed by atoms with Gasteiger partial charge in [0.05, 0.1) is 23.7 Å². The van der Waals surface area contributed by atoms with Crippen LogP contribution in [0.15, 0.2) is 0 Å². The van der Waals surface area contributed by atoms with Gasteiger partial charge in [0.15, 0.2) is 6.17 Å². The minimum atomic E-state index is -5.93. The summed E-state index contributed by atoms with van der Waals surface area (Å²) in [4.78, 5) is 12.5. The molecule has 3 fully saturated rings. The van der Waals surface area contributed by atoms with Crippen LogP contribution in [0.1, 0.15) is 57.8 Å². The second-order valence-electron chi connectivity index (χ2n) is 8.66. The van der Waals surface area contributed by atoms with Gasteiger partial charge in [-0.2, -0.15) is 17.2 Å². The Hall–Kier alpha value is -0.910. The predicted molar refractivity (Wildman–Crippen MR) is 94.3 cm³/mol. The van der Waals surface area contributed by atoms with Crippen molar-refractivity contribution in [1.29, 1.82) is 0 Å². The standard InChI is InChI=1S/C18H27F3O7S/c19-11(18(20,21)29(25,26)27)5-10-28-15(22)12-13(16(23)6-1-2-7-16)14(12)17(24)8-3-4-9-17/h11-14,23-24H,1-10H2,(H,25,26,27). The number of rotatable bonds is 8. The molecular weight excluding hydrogens is 417 g/mol. The maximum atomic E-state index is 13.6. The lowest BCUT2D eigenvalue weighted by Crippen LogP contribution is -2.39. The van der Waals surface area contributed by atoms with Crippen LogP contribution in [0.5, 0.6) is 0 Å². The molecule has 11 heteroatoms. The Kier molecular flexibility index (Phi) is 6.01. The second-order valence-corrected chi connectivity index (χ2v) is 10.2. The van der Waals surface area contributed by atoms with Gasteiger partial charge in [-0.25, -0.2) is 4.39 Å². The van der Waals surface area contributed by atoms with Gasteiger partial charge in [-0.3, -0.25) is 9.35 Å². The highest BCUT2D eigenvalue weighted by atomic mass is 32.2. The summed E-state index contributed by atoms with van der Waals surface area (Å²) in [6.45, 7) is -0.808. The first-order valence-electron chi connectivity index (χ1n) is 9.94. The molecular formula is C18H27F3O7S. The van der Waals surface area contributed by atoms with Gasteiger partial charge >= 0.3 is 21.3 Å². The van der Waals surface area contributed by atoms with Crippen LogP contribution < -0.4 is 0 Å². The summed E-state index contributed by atoms with van der Waals surface area (Å²) < 4.78 is 74.5. The molecule has 7 nitrogen and oxygen atoms in total. The highest BCUT2D eigenvalue weighted by Crippen LogP contribution is 2.64. The maximum Gasteiger partial charge on any atom is 0.400 e. The van der Waals surface area contributed by atoms with Gasteiger partial charge < -0.3 is 14.9 Å². The Morgan fingerprint density at radius 3 is 1.83 bits per heavy atom. The van der Waals surface area contributed by atoms with Crippen LogP contribution in [0.2, 0.25) is 0 Å². The van der Waals surface area contributed by atoms with Gasteiger partial charge in [-0.1, -0.05) is 25.7 Å². The highest BCUT2D eigenvalue weighted by molar-refractivity contribution is 7.86. The molecule has 0 aromatic carbocycles. The Morgan fingerprint density at radius 2 is 1.45 bits per heavy atom. The van der Waals surface area contributed by atoms with Gasteiger partial charge in [-0.15, -0.1) is 0 Å². The third-order valence-corrected chi connectivity index (χ3v) is 7.74. The summed E-state index contributed by atoms with van der Waals surface area (Å²) in [7, 11) is -5.93. The van der Waals surface area contributed by atoms with E-state index < -0.39 is 69.5 Å². The van der Waals surface area contributed by atoms with Crippen LogP contribution in [0.3, 0.4) is 0 Å². The fourth-order valence-corrected chi connectivity index (χ4v) is 5.71. The molecule has 0 aromatic heterocycles. The van der Waals surface area contributed by atoms with Crippen molar-refractivity contribution in [3.05, 3.63) is 0 Å². The van der Waals surface area contributed by atoms with Crippen LogP contribution in [-0.4, -0.2) is 58.4 Å². The second kappa shape index (κ2) is 7.65. The molecule has 0 amide bonds. The van der Waals surface area contributed by atoms with Crippen molar-refractivity contribution >= 4 is 16.1 Å². The number of alkyl halides is 3. The van der Waals surface area contributed by atoms with Crippen LogP contribution in [0, 0.1) is 17.8 Å². The van der Waals surface area contributed by atoms with Crippen molar-refractivity contribution < 1.29 is 45.9 Å². The van der Waals surface area contributed by atoms with E-state index >= 15 is 0 Å². The summed E-state index contributed by atoms with van der Waals surface area (Å²) in [6.07, 6.45) is 0.846. The monoisotopic (exact) mass is 444 g/mol. The predicted octanol–water partition coefficient (Wildman–Crippen LogP) is 2.21. The molecule has 0 heterocycles. The molecule has 3 rings (SSSR count). The van der Waals surface area contributed by atoms with Gasteiger partial charge in [0.2, 0.25) is 0 Å². The Labute approximate surface area is 167 Å². The number of esters is 1. The van der Waals surface area contributed by atoms with E-state index in [0.29, 0.717) is 25.7 Å². The van der Waals surface area contributed by atoms with Crippen LogP contribution in [0.25, 0.3) is 0 Å². The molecule has 3 aliphatic rings. The number of carbonyl (C=O) groups is 1. The molecule has 3 saturated carbocycles. The van der Waals surface area contributed by atoms with Gasteiger partial charge in [-0.05, 0) is 25.7 Å². The molecule has 0 aromatic rings. The first-order chi connectivity index (χ1) is 13.3. The van der Waals surface area contributed by atoms with E-state index in [-0.39, 0.29) is 0 Å². The van der Waals surface area contributed by atoms with Crippen molar-refractivity contribution in [2.24, 2.45) is 17.8 Å². The molecule has 0 spiro atoms. The normalized spacial score (nSPS) is 32.1. The largest absolute Gasteiger partial charge is 0.465 e. The van der Waals surface area contributed by atoms with Gasteiger partial charge in [0.25, 0.3) is 0 Å². The zero-order valence-electron chi connectivity index (χ0n) is 15.9. The lowest BCUT2D eigenvalue weighted by molar-refractivity contribution is -0.148. The average molecular weight is 444 g/mol. The third-order valence-electron chi connectivity index (χ3n) is 6.80. The Morgan fingerprint density at radius 1 is 1.03 bits per heavy atom. The van der Waals surface area contributed by atoms with E-state index in [1.54, 1.807) is 0 Å². The van der Waals surface area contributed by atoms with Crippen LogP contribution in [-0.2, 0) is 19.6 Å². The number of halogens is 3. The van der Waals surface area contributed by atoms with Crippen molar-refractivity contribution in [1.82, 2.24) is 0 Å². The summed E-state index contributed by atoms with van der Waals surface area (Å²) >= 11 is 0. The van der Waals surface area contributed by atoms with Gasteiger partial charge in [0.1, 0.15) is 0 Å². The number of hydrogen-bond acceptors (Lipinski definition) is 6.